The van der Waals surface area contributed by atoms with Crippen LogP contribution in [0.4, 0.5) is 0 Å². The summed E-state index contributed by atoms with van der Waals surface area (Å²) in [6.07, 6.45) is 7.34. The van der Waals surface area contributed by atoms with Crippen molar-refractivity contribution in [1.29, 1.82) is 0 Å². The van der Waals surface area contributed by atoms with Gasteiger partial charge in [0.05, 0.1) is 18.6 Å². The summed E-state index contributed by atoms with van der Waals surface area (Å²) in [6.45, 7) is 6.73. The lowest BCUT2D eigenvalue weighted by Gasteiger charge is -2.50. The third kappa shape index (κ3) is 2.73. The van der Waals surface area contributed by atoms with Crippen LogP contribution in [-0.2, 0) is 9.53 Å². The van der Waals surface area contributed by atoms with Crippen LogP contribution >= 0.6 is 0 Å². The molecule has 1 aliphatic heterocycles. The summed E-state index contributed by atoms with van der Waals surface area (Å²) in [7, 11) is 0. The molecule has 0 radical (unpaired) electrons. The fourth-order valence-electron chi connectivity index (χ4n) is 3.92. The maximum Gasteiger partial charge on any atom is 0.226 e. The zero-order valence-electron chi connectivity index (χ0n) is 12.7. The van der Waals surface area contributed by atoms with Gasteiger partial charge >= 0.3 is 0 Å². The summed E-state index contributed by atoms with van der Waals surface area (Å²) in [5.41, 5.74) is 0.0114. The largest absolute Gasteiger partial charge is 0.379 e. The van der Waals surface area contributed by atoms with Crippen molar-refractivity contribution in [3.05, 3.63) is 0 Å². The number of nitrogens with one attached hydrogen (secondary N) is 1. The van der Waals surface area contributed by atoms with Crippen LogP contribution in [0.5, 0.6) is 0 Å². The van der Waals surface area contributed by atoms with Crippen molar-refractivity contribution in [2.75, 3.05) is 32.8 Å². The van der Waals surface area contributed by atoms with Crippen molar-refractivity contribution in [3.8, 4) is 0 Å². The minimum Gasteiger partial charge on any atom is -0.379 e. The molecule has 1 amide bonds. The number of rotatable bonds is 5. The lowest BCUT2D eigenvalue weighted by atomic mass is 9.54. The highest BCUT2D eigenvalue weighted by atomic mass is 16.5. The molecule has 1 heterocycles. The van der Waals surface area contributed by atoms with Gasteiger partial charge in [0.2, 0.25) is 5.91 Å². The maximum absolute atomic E-state index is 12.7. The summed E-state index contributed by atoms with van der Waals surface area (Å²) in [5.74, 6) is 1.01. The number of amides is 1. The first-order chi connectivity index (χ1) is 9.71. The van der Waals surface area contributed by atoms with E-state index in [2.05, 4.69) is 17.1 Å². The van der Waals surface area contributed by atoms with Gasteiger partial charge in [-0.1, -0.05) is 12.8 Å². The third-order valence-corrected chi connectivity index (χ3v) is 5.60. The van der Waals surface area contributed by atoms with Crippen LogP contribution in [0.1, 0.15) is 45.4 Å². The summed E-state index contributed by atoms with van der Waals surface area (Å²) < 4.78 is 5.37. The van der Waals surface area contributed by atoms with Gasteiger partial charge in [-0.25, -0.2) is 0 Å². The average Bonchev–Trinajstić information content (AvgIpc) is 2.32. The van der Waals surface area contributed by atoms with Crippen LogP contribution in [0.15, 0.2) is 0 Å². The Balaban J connectivity index is 1.49. The minimum atomic E-state index is 0.0114. The first kappa shape index (κ1) is 14.3. The van der Waals surface area contributed by atoms with Gasteiger partial charge in [-0.3, -0.25) is 9.69 Å². The fraction of sp³-hybridized carbons (Fsp3) is 0.938. The van der Waals surface area contributed by atoms with E-state index in [1.807, 2.05) is 0 Å². The van der Waals surface area contributed by atoms with E-state index < -0.39 is 0 Å². The SMILES string of the molecule is C[C@H](CN1CCOCC1)NC(=O)C1(C2CCC2)CCC1. The molecule has 0 aromatic rings. The smallest absolute Gasteiger partial charge is 0.226 e. The van der Waals surface area contributed by atoms with Crippen LogP contribution in [-0.4, -0.2) is 49.7 Å². The first-order valence-corrected chi connectivity index (χ1v) is 8.32. The lowest BCUT2D eigenvalue weighted by Crippen LogP contribution is -2.56. The highest BCUT2D eigenvalue weighted by Gasteiger charge is 2.51. The molecule has 3 rings (SSSR count). The van der Waals surface area contributed by atoms with E-state index in [9.17, 15) is 4.79 Å². The second-order valence-electron chi connectivity index (χ2n) is 6.93. The Morgan fingerprint density at radius 1 is 1.30 bits per heavy atom. The van der Waals surface area contributed by atoms with Gasteiger partial charge in [0.25, 0.3) is 0 Å². The normalized spacial score (nSPS) is 28.2. The highest BCUT2D eigenvalue weighted by Crippen LogP contribution is 2.54. The monoisotopic (exact) mass is 280 g/mol. The van der Waals surface area contributed by atoms with E-state index in [1.165, 1.54) is 25.7 Å². The van der Waals surface area contributed by atoms with Crippen LogP contribution in [0.25, 0.3) is 0 Å². The Kier molecular flexibility index (Phi) is 4.32. The van der Waals surface area contributed by atoms with Gasteiger partial charge < -0.3 is 10.1 Å². The molecule has 3 fully saturated rings. The number of carbonyl (C=O) groups excluding carboxylic acids is 1. The third-order valence-electron chi connectivity index (χ3n) is 5.60. The molecule has 114 valence electrons. The molecule has 1 atom stereocenters. The molecule has 20 heavy (non-hydrogen) atoms. The topological polar surface area (TPSA) is 41.6 Å². The Morgan fingerprint density at radius 3 is 2.50 bits per heavy atom. The summed E-state index contributed by atoms with van der Waals surface area (Å²) in [4.78, 5) is 15.1. The van der Waals surface area contributed by atoms with Gasteiger partial charge in [0.1, 0.15) is 0 Å². The number of morpholine rings is 1. The molecule has 0 unspecified atom stereocenters. The molecule has 3 aliphatic rings. The van der Waals surface area contributed by atoms with Gasteiger partial charge in [-0.2, -0.15) is 0 Å². The van der Waals surface area contributed by atoms with Crippen molar-refractivity contribution in [1.82, 2.24) is 10.2 Å². The molecule has 2 aliphatic carbocycles. The fourth-order valence-corrected chi connectivity index (χ4v) is 3.92. The van der Waals surface area contributed by atoms with E-state index in [1.54, 1.807) is 0 Å². The van der Waals surface area contributed by atoms with E-state index >= 15 is 0 Å². The van der Waals surface area contributed by atoms with Crippen LogP contribution in [0, 0.1) is 11.3 Å². The van der Waals surface area contributed by atoms with Gasteiger partial charge in [0, 0.05) is 25.7 Å². The van der Waals surface area contributed by atoms with Crippen molar-refractivity contribution in [2.45, 2.75) is 51.5 Å². The molecule has 1 N–H and O–H groups in total. The van der Waals surface area contributed by atoms with Crippen LogP contribution < -0.4 is 5.32 Å². The van der Waals surface area contributed by atoms with E-state index in [4.69, 9.17) is 4.74 Å². The van der Waals surface area contributed by atoms with Gasteiger partial charge in [-0.15, -0.1) is 0 Å². The number of hydrogen-bond acceptors (Lipinski definition) is 3. The molecule has 4 heteroatoms. The predicted octanol–water partition coefficient (Wildman–Crippen LogP) is 1.79. The van der Waals surface area contributed by atoms with E-state index in [-0.39, 0.29) is 11.5 Å². The molecule has 0 aromatic carbocycles. The molecule has 2 saturated carbocycles. The quantitative estimate of drug-likeness (QED) is 0.835. The molecule has 0 aromatic heterocycles. The molecule has 0 spiro atoms. The minimum absolute atomic E-state index is 0.0114. The van der Waals surface area contributed by atoms with Crippen molar-refractivity contribution in [3.63, 3.8) is 0 Å². The predicted molar refractivity (Wildman–Crippen MR) is 78.5 cm³/mol. The number of carbonyl (C=O) groups is 1. The average molecular weight is 280 g/mol. The summed E-state index contributed by atoms with van der Waals surface area (Å²) in [6, 6.07) is 0.248. The Bertz CT molecular complexity index is 344. The lowest BCUT2D eigenvalue weighted by molar-refractivity contribution is -0.145. The van der Waals surface area contributed by atoms with Crippen molar-refractivity contribution >= 4 is 5.91 Å². The number of ether oxygens (including phenoxy) is 1. The number of nitrogens with zero attached hydrogens (tertiary/aromatic N) is 1. The standard InChI is InChI=1S/C16H28N2O2/c1-13(12-18-8-10-20-11-9-18)17-15(19)16(6-3-7-16)14-4-2-5-14/h13-14H,2-12H2,1H3,(H,17,19)/t13-/m1/s1. The zero-order valence-corrected chi connectivity index (χ0v) is 12.7. The highest BCUT2D eigenvalue weighted by molar-refractivity contribution is 5.84. The molecule has 1 saturated heterocycles. The maximum atomic E-state index is 12.7. The van der Waals surface area contributed by atoms with Gasteiger partial charge in [0.15, 0.2) is 0 Å². The second-order valence-corrected chi connectivity index (χ2v) is 6.93. The second kappa shape index (κ2) is 6.02. The van der Waals surface area contributed by atoms with Crippen molar-refractivity contribution in [2.24, 2.45) is 11.3 Å². The van der Waals surface area contributed by atoms with Gasteiger partial charge in [-0.05, 0) is 38.5 Å². The summed E-state index contributed by atoms with van der Waals surface area (Å²) in [5, 5.41) is 3.30. The van der Waals surface area contributed by atoms with Crippen LogP contribution in [0.3, 0.4) is 0 Å². The summed E-state index contributed by atoms with van der Waals surface area (Å²) >= 11 is 0. The Hall–Kier alpha value is -0.610. The van der Waals surface area contributed by atoms with E-state index in [0.717, 1.165) is 45.7 Å². The molecular weight excluding hydrogens is 252 g/mol. The van der Waals surface area contributed by atoms with Crippen molar-refractivity contribution < 1.29 is 9.53 Å². The first-order valence-electron chi connectivity index (χ1n) is 8.32. The molecular formula is C16H28N2O2. The Labute approximate surface area is 122 Å². The van der Waals surface area contributed by atoms with E-state index in [0.29, 0.717) is 11.8 Å². The van der Waals surface area contributed by atoms with Crippen LogP contribution in [0.2, 0.25) is 0 Å². The molecule has 0 bridgehead atoms. The Morgan fingerprint density at radius 2 is 2.00 bits per heavy atom. The number of hydrogen-bond donors (Lipinski definition) is 1. The zero-order chi connectivity index (χ0) is 14.0. The molecule has 4 nitrogen and oxygen atoms in total.